The normalized spacial score (nSPS) is 22.4. The first kappa shape index (κ1) is 43.0. The van der Waals surface area contributed by atoms with Gasteiger partial charge in [-0.3, -0.25) is 4.79 Å². The number of unbranched alkanes of at least 4 members (excludes halogenated alkanes) is 18. The van der Waals surface area contributed by atoms with Gasteiger partial charge in [0, 0.05) is 13.0 Å². The SMILES string of the molecule is CCCCC/C=C\CCCCCCCC(=O)OC(COCCCCCCCCCCCCC)COC1OC(CO)C(O)C(O)C1O. The molecule has 0 saturated carbocycles. The summed E-state index contributed by atoms with van der Waals surface area (Å²) in [7, 11) is 0. The summed E-state index contributed by atoms with van der Waals surface area (Å²) in [5.41, 5.74) is 0. The third-order valence-corrected chi connectivity index (χ3v) is 8.68. The lowest BCUT2D eigenvalue weighted by Crippen LogP contribution is -2.59. The number of esters is 1. The van der Waals surface area contributed by atoms with E-state index in [9.17, 15) is 25.2 Å². The summed E-state index contributed by atoms with van der Waals surface area (Å²) in [4.78, 5) is 12.6. The molecule has 0 aromatic rings. The van der Waals surface area contributed by atoms with E-state index in [1.54, 1.807) is 0 Å². The fourth-order valence-corrected chi connectivity index (χ4v) is 5.66. The van der Waals surface area contributed by atoms with Crippen LogP contribution in [-0.4, -0.2) is 89.6 Å². The van der Waals surface area contributed by atoms with Gasteiger partial charge in [0.2, 0.25) is 0 Å². The predicted octanol–water partition coefficient (Wildman–Crippen LogP) is 6.91. The summed E-state index contributed by atoms with van der Waals surface area (Å²) in [5, 5.41) is 39.9. The standard InChI is InChI=1S/C37H70O9/c1-3-5-7-9-11-13-15-16-18-20-22-24-26-33(39)45-31(30-44-37-36(42)35(41)34(40)32(28-38)46-37)29-43-27-25-23-21-19-17-14-12-10-8-6-4-2/h11,13,31-32,34-38,40-42H,3-10,12,14-30H2,1-2H3/b13-11-. The maximum Gasteiger partial charge on any atom is 0.306 e. The second-order valence-corrected chi connectivity index (χ2v) is 13.0. The molecule has 1 heterocycles. The van der Waals surface area contributed by atoms with Gasteiger partial charge in [-0.25, -0.2) is 0 Å². The Labute approximate surface area is 280 Å². The number of hydrogen-bond acceptors (Lipinski definition) is 9. The molecule has 1 aliphatic heterocycles. The number of rotatable bonds is 31. The molecule has 0 aliphatic carbocycles. The highest BCUT2D eigenvalue weighted by molar-refractivity contribution is 5.69. The minimum atomic E-state index is -1.53. The Bertz CT molecular complexity index is 717. The van der Waals surface area contributed by atoms with Crippen molar-refractivity contribution < 1.29 is 44.2 Å². The van der Waals surface area contributed by atoms with Crippen molar-refractivity contribution in [2.24, 2.45) is 0 Å². The topological polar surface area (TPSA) is 135 Å². The van der Waals surface area contributed by atoms with E-state index in [2.05, 4.69) is 26.0 Å². The van der Waals surface area contributed by atoms with Gasteiger partial charge in [-0.15, -0.1) is 0 Å². The lowest BCUT2D eigenvalue weighted by atomic mass is 9.99. The summed E-state index contributed by atoms with van der Waals surface area (Å²) in [6.07, 6.45) is 22.3. The zero-order valence-corrected chi connectivity index (χ0v) is 29.3. The van der Waals surface area contributed by atoms with Crippen LogP contribution in [0.1, 0.15) is 155 Å². The second kappa shape index (κ2) is 30.0. The molecule has 1 rings (SSSR count). The van der Waals surface area contributed by atoms with E-state index in [4.69, 9.17) is 18.9 Å². The van der Waals surface area contributed by atoms with Gasteiger partial charge < -0.3 is 39.4 Å². The van der Waals surface area contributed by atoms with Crippen molar-refractivity contribution in [2.45, 2.75) is 192 Å². The van der Waals surface area contributed by atoms with E-state index in [0.29, 0.717) is 13.0 Å². The molecular formula is C37H70O9. The molecule has 9 heteroatoms. The molecule has 46 heavy (non-hydrogen) atoms. The molecule has 0 aromatic heterocycles. The fraction of sp³-hybridized carbons (Fsp3) is 0.919. The Hall–Kier alpha value is -1.07. The van der Waals surface area contributed by atoms with E-state index in [1.165, 1.54) is 89.9 Å². The van der Waals surface area contributed by atoms with E-state index in [1.807, 2.05) is 0 Å². The van der Waals surface area contributed by atoms with Gasteiger partial charge in [0.25, 0.3) is 0 Å². The van der Waals surface area contributed by atoms with Crippen molar-refractivity contribution in [1.29, 1.82) is 0 Å². The summed E-state index contributed by atoms with van der Waals surface area (Å²) < 4.78 is 22.6. The van der Waals surface area contributed by atoms with Crippen LogP contribution in [0.25, 0.3) is 0 Å². The summed E-state index contributed by atoms with van der Waals surface area (Å²) in [5.74, 6) is -0.323. The average Bonchev–Trinajstić information content (AvgIpc) is 3.05. The van der Waals surface area contributed by atoms with Crippen LogP contribution >= 0.6 is 0 Å². The Morgan fingerprint density at radius 1 is 0.674 bits per heavy atom. The molecule has 0 bridgehead atoms. The van der Waals surface area contributed by atoms with Crippen molar-refractivity contribution in [2.75, 3.05) is 26.4 Å². The minimum Gasteiger partial charge on any atom is -0.457 e. The molecule has 0 aromatic carbocycles. The molecule has 1 fully saturated rings. The third-order valence-electron chi connectivity index (χ3n) is 8.68. The van der Waals surface area contributed by atoms with Crippen molar-refractivity contribution in [3.63, 3.8) is 0 Å². The zero-order valence-electron chi connectivity index (χ0n) is 29.3. The molecule has 0 radical (unpaired) electrons. The molecule has 6 unspecified atom stereocenters. The van der Waals surface area contributed by atoms with Crippen molar-refractivity contribution in [1.82, 2.24) is 0 Å². The van der Waals surface area contributed by atoms with Gasteiger partial charge in [0.15, 0.2) is 6.29 Å². The first-order valence-corrected chi connectivity index (χ1v) is 18.8. The number of carbonyl (C=O) groups is 1. The molecule has 9 nitrogen and oxygen atoms in total. The van der Waals surface area contributed by atoms with Crippen LogP contribution in [0, 0.1) is 0 Å². The molecule has 1 aliphatic rings. The number of ether oxygens (including phenoxy) is 4. The van der Waals surface area contributed by atoms with Crippen LogP contribution in [0.2, 0.25) is 0 Å². The van der Waals surface area contributed by atoms with E-state index in [0.717, 1.165) is 44.9 Å². The quantitative estimate of drug-likeness (QED) is 0.0356. The van der Waals surface area contributed by atoms with Gasteiger partial charge in [-0.1, -0.05) is 122 Å². The van der Waals surface area contributed by atoms with Crippen molar-refractivity contribution >= 4 is 5.97 Å². The van der Waals surface area contributed by atoms with E-state index in [-0.39, 0.29) is 19.2 Å². The summed E-state index contributed by atoms with van der Waals surface area (Å²) in [6.45, 7) is 4.51. The summed E-state index contributed by atoms with van der Waals surface area (Å²) >= 11 is 0. The summed E-state index contributed by atoms with van der Waals surface area (Å²) in [6, 6.07) is 0. The van der Waals surface area contributed by atoms with Gasteiger partial charge in [0.1, 0.15) is 30.5 Å². The van der Waals surface area contributed by atoms with Crippen LogP contribution in [-0.2, 0) is 23.7 Å². The molecular weight excluding hydrogens is 588 g/mol. The molecule has 0 amide bonds. The third kappa shape index (κ3) is 21.7. The lowest BCUT2D eigenvalue weighted by Gasteiger charge is -2.39. The van der Waals surface area contributed by atoms with E-state index < -0.39 is 43.4 Å². The van der Waals surface area contributed by atoms with Crippen LogP contribution < -0.4 is 0 Å². The van der Waals surface area contributed by atoms with Crippen molar-refractivity contribution in [3.05, 3.63) is 12.2 Å². The fourth-order valence-electron chi connectivity index (χ4n) is 5.66. The van der Waals surface area contributed by atoms with Crippen LogP contribution in [0.15, 0.2) is 12.2 Å². The minimum absolute atomic E-state index is 0.112. The molecule has 0 spiro atoms. The Morgan fingerprint density at radius 3 is 1.80 bits per heavy atom. The number of carbonyl (C=O) groups excluding carboxylic acids is 1. The Kier molecular flexibility index (Phi) is 28.0. The number of allylic oxidation sites excluding steroid dienone is 2. The maximum atomic E-state index is 12.6. The molecule has 6 atom stereocenters. The average molecular weight is 659 g/mol. The monoisotopic (exact) mass is 659 g/mol. The van der Waals surface area contributed by atoms with Gasteiger partial charge in [0.05, 0.1) is 19.8 Å². The van der Waals surface area contributed by atoms with Crippen LogP contribution in [0.4, 0.5) is 0 Å². The highest BCUT2D eigenvalue weighted by Crippen LogP contribution is 2.22. The smallest absolute Gasteiger partial charge is 0.306 e. The van der Waals surface area contributed by atoms with Crippen molar-refractivity contribution in [3.8, 4) is 0 Å². The van der Waals surface area contributed by atoms with Gasteiger partial charge in [-0.2, -0.15) is 0 Å². The number of hydrogen-bond donors (Lipinski definition) is 4. The molecule has 272 valence electrons. The molecule has 1 saturated heterocycles. The number of aliphatic hydroxyl groups excluding tert-OH is 4. The largest absolute Gasteiger partial charge is 0.457 e. The number of aliphatic hydroxyl groups is 4. The lowest BCUT2D eigenvalue weighted by molar-refractivity contribution is -0.305. The van der Waals surface area contributed by atoms with Gasteiger partial charge in [-0.05, 0) is 38.5 Å². The first-order chi connectivity index (χ1) is 22.4. The zero-order chi connectivity index (χ0) is 33.7. The highest BCUT2D eigenvalue weighted by atomic mass is 16.7. The second-order valence-electron chi connectivity index (χ2n) is 13.0. The van der Waals surface area contributed by atoms with Gasteiger partial charge >= 0.3 is 5.97 Å². The Balaban J connectivity index is 2.35. The maximum absolute atomic E-state index is 12.6. The molecule has 4 N–H and O–H groups in total. The Morgan fingerprint density at radius 2 is 1.20 bits per heavy atom. The van der Waals surface area contributed by atoms with E-state index >= 15 is 0 Å². The highest BCUT2D eigenvalue weighted by Gasteiger charge is 2.44. The van der Waals surface area contributed by atoms with Crippen LogP contribution in [0.3, 0.4) is 0 Å². The predicted molar refractivity (Wildman–Crippen MR) is 182 cm³/mol. The first-order valence-electron chi connectivity index (χ1n) is 18.8. The van der Waals surface area contributed by atoms with Crippen LogP contribution in [0.5, 0.6) is 0 Å².